The quantitative estimate of drug-likeness (QED) is 0.590. The molecule has 21 heavy (non-hydrogen) atoms. The molecule has 7 nitrogen and oxygen atoms in total. The largest absolute Gasteiger partial charge is 0.480 e. The fraction of sp³-hybridized carbons (Fsp3) is 0.538. The number of thiophene rings is 1. The van der Waals surface area contributed by atoms with Gasteiger partial charge in [-0.3, -0.25) is 4.79 Å². The van der Waals surface area contributed by atoms with Gasteiger partial charge in [0.25, 0.3) is 5.91 Å². The normalized spacial score (nSPS) is 9.62. The van der Waals surface area contributed by atoms with Crippen LogP contribution in [-0.2, 0) is 14.3 Å². The maximum atomic E-state index is 11.6. The van der Waals surface area contributed by atoms with E-state index in [9.17, 15) is 9.59 Å². The zero-order chi connectivity index (χ0) is 16.1. The number of nitrogens with two attached hydrogens (primary N) is 1. The van der Waals surface area contributed by atoms with E-state index in [1.54, 1.807) is 11.4 Å². The summed E-state index contributed by atoms with van der Waals surface area (Å²) in [4.78, 5) is 21.7. The van der Waals surface area contributed by atoms with Crippen LogP contribution >= 0.6 is 11.3 Å². The molecule has 0 spiro atoms. The summed E-state index contributed by atoms with van der Waals surface area (Å²) in [7, 11) is 0. The van der Waals surface area contributed by atoms with Crippen molar-refractivity contribution >= 4 is 28.2 Å². The van der Waals surface area contributed by atoms with Gasteiger partial charge < -0.3 is 25.6 Å². The molecule has 0 fully saturated rings. The van der Waals surface area contributed by atoms with Crippen molar-refractivity contribution < 1.29 is 24.2 Å². The summed E-state index contributed by atoms with van der Waals surface area (Å²) in [6.07, 6.45) is 0. The molecule has 0 saturated heterocycles. The van der Waals surface area contributed by atoms with Gasteiger partial charge in [-0.2, -0.15) is 0 Å². The third kappa shape index (κ3) is 9.01. The van der Waals surface area contributed by atoms with Crippen molar-refractivity contribution in [1.82, 2.24) is 5.32 Å². The first-order valence-corrected chi connectivity index (χ1v) is 7.47. The second-order valence-electron chi connectivity index (χ2n) is 3.51. The van der Waals surface area contributed by atoms with E-state index in [1.807, 2.05) is 13.8 Å². The Bertz CT molecular complexity index is 422. The standard InChI is InChI=1S/C11H16N2O5S.C2H6/c12-10-8(1-6-19-10)11(16)13-2-3-17-4-5-18-7-9(14)15;1-2/h1,6H,2-5,7,12H2,(H,13,16)(H,14,15);1-2H3. The summed E-state index contributed by atoms with van der Waals surface area (Å²) < 4.78 is 9.92. The number of rotatable bonds is 9. The topological polar surface area (TPSA) is 111 Å². The molecule has 0 aliphatic rings. The van der Waals surface area contributed by atoms with Crippen LogP contribution in [-0.4, -0.2) is 50.0 Å². The third-order valence-corrected chi connectivity index (χ3v) is 2.82. The highest BCUT2D eigenvalue weighted by Crippen LogP contribution is 2.18. The molecule has 120 valence electrons. The minimum absolute atomic E-state index is 0.206. The fourth-order valence-corrected chi connectivity index (χ4v) is 1.86. The Hall–Kier alpha value is -1.64. The summed E-state index contributed by atoms with van der Waals surface area (Å²) in [5.74, 6) is -1.25. The van der Waals surface area contributed by atoms with Crippen LogP contribution in [0, 0.1) is 0 Å². The Morgan fingerprint density at radius 1 is 1.29 bits per heavy atom. The first-order valence-electron chi connectivity index (χ1n) is 6.59. The van der Waals surface area contributed by atoms with Crippen LogP contribution in [0.3, 0.4) is 0 Å². The minimum atomic E-state index is -1.01. The van der Waals surface area contributed by atoms with E-state index in [1.165, 1.54) is 11.3 Å². The van der Waals surface area contributed by atoms with Crippen LogP contribution in [0.1, 0.15) is 24.2 Å². The maximum Gasteiger partial charge on any atom is 0.329 e. The van der Waals surface area contributed by atoms with Crippen molar-refractivity contribution in [2.75, 3.05) is 38.7 Å². The van der Waals surface area contributed by atoms with E-state index in [-0.39, 0.29) is 25.7 Å². The molecule has 0 aliphatic heterocycles. The number of ether oxygens (including phenoxy) is 2. The number of carbonyl (C=O) groups is 2. The zero-order valence-electron chi connectivity index (χ0n) is 12.3. The van der Waals surface area contributed by atoms with Crippen LogP contribution < -0.4 is 11.1 Å². The number of amides is 1. The SMILES string of the molecule is CC.Nc1sccc1C(=O)NCCOCCOCC(=O)O. The number of carboxylic acids is 1. The van der Waals surface area contributed by atoms with Crippen LogP contribution in [0.4, 0.5) is 5.00 Å². The zero-order valence-corrected chi connectivity index (χ0v) is 13.1. The summed E-state index contributed by atoms with van der Waals surface area (Å²) in [5.41, 5.74) is 6.08. The van der Waals surface area contributed by atoms with Crippen molar-refractivity contribution in [3.63, 3.8) is 0 Å². The van der Waals surface area contributed by atoms with Gasteiger partial charge in [0.1, 0.15) is 6.61 Å². The molecule has 1 aromatic rings. The van der Waals surface area contributed by atoms with Crippen LogP contribution in [0.25, 0.3) is 0 Å². The predicted molar refractivity (Wildman–Crippen MR) is 81.7 cm³/mol. The first kappa shape index (κ1) is 19.4. The Balaban J connectivity index is 0.00000191. The summed E-state index contributed by atoms with van der Waals surface area (Å²) in [6, 6.07) is 1.66. The van der Waals surface area contributed by atoms with Gasteiger partial charge in [0.2, 0.25) is 0 Å². The molecule has 0 radical (unpaired) electrons. The number of nitrogen functional groups attached to an aromatic ring is 1. The van der Waals surface area contributed by atoms with Gasteiger partial charge in [-0.25, -0.2) is 4.79 Å². The molecule has 0 bridgehead atoms. The number of anilines is 1. The maximum absolute atomic E-state index is 11.6. The first-order chi connectivity index (χ1) is 10.1. The summed E-state index contributed by atoms with van der Waals surface area (Å²) in [6.45, 7) is 4.83. The van der Waals surface area contributed by atoms with Crippen molar-refractivity contribution in [2.45, 2.75) is 13.8 Å². The Labute approximate surface area is 128 Å². The van der Waals surface area contributed by atoms with Gasteiger partial charge in [-0.15, -0.1) is 11.3 Å². The number of nitrogens with one attached hydrogen (secondary N) is 1. The number of carboxylic acid groups (broad SMARTS) is 1. The smallest absolute Gasteiger partial charge is 0.329 e. The van der Waals surface area contributed by atoms with E-state index in [0.29, 0.717) is 23.7 Å². The number of carbonyl (C=O) groups excluding carboxylic acids is 1. The van der Waals surface area contributed by atoms with E-state index >= 15 is 0 Å². The fourth-order valence-electron chi connectivity index (χ4n) is 1.22. The molecule has 0 unspecified atom stereocenters. The highest BCUT2D eigenvalue weighted by atomic mass is 32.1. The summed E-state index contributed by atoms with van der Waals surface area (Å²) in [5, 5.41) is 13.2. The minimum Gasteiger partial charge on any atom is -0.480 e. The van der Waals surface area contributed by atoms with Crippen LogP contribution in [0.15, 0.2) is 11.4 Å². The lowest BCUT2D eigenvalue weighted by atomic mass is 10.3. The van der Waals surface area contributed by atoms with Crippen molar-refractivity contribution in [3.05, 3.63) is 17.0 Å². The van der Waals surface area contributed by atoms with E-state index in [0.717, 1.165) is 0 Å². The number of aliphatic carboxylic acids is 1. The van der Waals surface area contributed by atoms with E-state index < -0.39 is 5.97 Å². The van der Waals surface area contributed by atoms with E-state index in [4.69, 9.17) is 20.3 Å². The van der Waals surface area contributed by atoms with E-state index in [2.05, 4.69) is 5.32 Å². The number of hydrogen-bond acceptors (Lipinski definition) is 6. The monoisotopic (exact) mass is 318 g/mol. The Kier molecular flexibility index (Phi) is 11.2. The van der Waals surface area contributed by atoms with Crippen LogP contribution in [0.2, 0.25) is 0 Å². The summed E-state index contributed by atoms with van der Waals surface area (Å²) >= 11 is 1.31. The van der Waals surface area contributed by atoms with Crippen LogP contribution in [0.5, 0.6) is 0 Å². The van der Waals surface area contributed by atoms with Crippen molar-refractivity contribution in [1.29, 1.82) is 0 Å². The molecule has 8 heteroatoms. The van der Waals surface area contributed by atoms with Gasteiger partial charge in [-0.05, 0) is 11.4 Å². The molecule has 1 amide bonds. The van der Waals surface area contributed by atoms with Crippen molar-refractivity contribution in [2.24, 2.45) is 0 Å². The second kappa shape index (κ2) is 12.1. The lowest BCUT2D eigenvalue weighted by molar-refractivity contribution is -0.142. The molecule has 0 atom stereocenters. The molecular weight excluding hydrogens is 296 g/mol. The molecule has 0 saturated carbocycles. The average Bonchev–Trinajstić information content (AvgIpc) is 2.89. The Morgan fingerprint density at radius 3 is 2.52 bits per heavy atom. The molecule has 1 heterocycles. The molecule has 4 N–H and O–H groups in total. The molecule has 1 aromatic heterocycles. The highest BCUT2D eigenvalue weighted by molar-refractivity contribution is 7.14. The van der Waals surface area contributed by atoms with Crippen molar-refractivity contribution in [3.8, 4) is 0 Å². The molecule has 0 aromatic carbocycles. The van der Waals surface area contributed by atoms with Gasteiger partial charge in [0, 0.05) is 6.54 Å². The number of hydrogen-bond donors (Lipinski definition) is 3. The second-order valence-corrected chi connectivity index (χ2v) is 4.46. The van der Waals surface area contributed by atoms with Gasteiger partial charge in [0.05, 0.1) is 30.4 Å². The third-order valence-electron chi connectivity index (χ3n) is 2.07. The molecule has 1 rings (SSSR count). The average molecular weight is 318 g/mol. The molecular formula is C13H22N2O5S. The van der Waals surface area contributed by atoms with Gasteiger partial charge >= 0.3 is 5.97 Å². The lowest BCUT2D eigenvalue weighted by Gasteiger charge is -2.06. The van der Waals surface area contributed by atoms with Gasteiger partial charge in [0.15, 0.2) is 0 Å². The molecule has 0 aliphatic carbocycles. The predicted octanol–water partition coefficient (Wildman–Crippen LogP) is 1.20. The van der Waals surface area contributed by atoms with Gasteiger partial charge in [-0.1, -0.05) is 13.8 Å². The Morgan fingerprint density at radius 2 is 1.95 bits per heavy atom. The lowest BCUT2D eigenvalue weighted by Crippen LogP contribution is -2.27. The highest BCUT2D eigenvalue weighted by Gasteiger charge is 2.09.